The minimum Gasteiger partial charge on any atom is -0.454 e. The fourth-order valence-electron chi connectivity index (χ4n) is 3.77. The zero-order valence-electron chi connectivity index (χ0n) is 19.7. The Kier molecular flexibility index (Phi) is 6.26. The van der Waals surface area contributed by atoms with Gasteiger partial charge in [-0.2, -0.15) is 0 Å². The minimum atomic E-state index is -0.323. The van der Waals surface area contributed by atoms with E-state index in [9.17, 15) is 9.18 Å². The van der Waals surface area contributed by atoms with E-state index in [2.05, 4.69) is 13.8 Å². The van der Waals surface area contributed by atoms with E-state index < -0.39 is 0 Å². The lowest BCUT2D eigenvalue weighted by atomic mass is 10.1. The lowest BCUT2D eigenvalue weighted by Gasteiger charge is -2.24. The first-order valence-electron chi connectivity index (χ1n) is 11.3. The van der Waals surface area contributed by atoms with Crippen LogP contribution in [0.15, 0.2) is 77.2 Å². The molecule has 0 aliphatic heterocycles. The van der Waals surface area contributed by atoms with E-state index in [-0.39, 0.29) is 17.0 Å². The average Bonchev–Trinajstić information content (AvgIpc) is 3.29. The minimum absolute atomic E-state index is 0.0142. The summed E-state index contributed by atoms with van der Waals surface area (Å²) in [5.41, 5.74) is 4.11. The van der Waals surface area contributed by atoms with Crippen molar-refractivity contribution in [1.82, 2.24) is 9.97 Å². The molecule has 0 saturated carbocycles. The molecular formula is C28H24FN3O2S. The highest BCUT2D eigenvalue weighted by Gasteiger charge is 2.21. The molecule has 5 aromatic rings. The topological polar surface area (TPSA) is 59.2 Å². The first-order valence-corrected chi connectivity index (χ1v) is 12.3. The number of aromatic nitrogens is 2. The van der Waals surface area contributed by atoms with Gasteiger partial charge in [-0.25, -0.2) is 14.4 Å². The molecule has 35 heavy (non-hydrogen) atoms. The van der Waals surface area contributed by atoms with Crippen LogP contribution >= 0.6 is 11.8 Å². The van der Waals surface area contributed by atoms with E-state index in [1.165, 1.54) is 23.9 Å². The van der Waals surface area contributed by atoms with Gasteiger partial charge in [0.1, 0.15) is 17.1 Å². The Hall–Kier alpha value is -3.71. The molecule has 3 aromatic carbocycles. The van der Waals surface area contributed by atoms with Crippen LogP contribution in [-0.4, -0.2) is 28.2 Å². The normalized spacial score (nSPS) is 11.5. The summed E-state index contributed by atoms with van der Waals surface area (Å²) in [6.07, 6.45) is 0. The number of hydrogen-bond acceptors (Lipinski definition) is 6. The predicted octanol–water partition coefficient (Wildman–Crippen LogP) is 7.10. The van der Waals surface area contributed by atoms with Crippen molar-refractivity contribution in [3.63, 3.8) is 0 Å². The molecule has 2 aromatic heterocycles. The van der Waals surface area contributed by atoms with Gasteiger partial charge in [-0.05, 0) is 61.9 Å². The van der Waals surface area contributed by atoms with Crippen molar-refractivity contribution >= 4 is 44.7 Å². The highest BCUT2D eigenvalue weighted by molar-refractivity contribution is 8.13. The molecule has 0 saturated heterocycles. The number of fused-ring (bicyclic) bond motifs is 2. The number of halogens is 1. The molecule has 0 aliphatic rings. The van der Waals surface area contributed by atoms with E-state index >= 15 is 0 Å². The van der Waals surface area contributed by atoms with Crippen molar-refractivity contribution < 1.29 is 13.6 Å². The second kappa shape index (κ2) is 9.50. The van der Waals surface area contributed by atoms with Crippen molar-refractivity contribution in [3.05, 3.63) is 89.7 Å². The molecule has 5 nitrogen and oxygen atoms in total. The van der Waals surface area contributed by atoms with Crippen molar-refractivity contribution in [1.29, 1.82) is 0 Å². The standard InChI is InChI=1S/C28H24FN3O2S/c1-17(2)32(3)27-26(25-15-20-13-21(29)10-12-24(20)34-25)30-22-11-9-19(14-23(22)31-27)28(33)35-16-18-7-5-4-6-8-18/h4-15,17H,16H2,1-3H3. The van der Waals surface area contributed by atoms with Gasteiger partial charge in [-0.1, -0.05) is 42.1 Å². The molecule has 2 heterocycles. The summed E-state index contributed by atoms with van der Waals surface area (Å²) in [6.45, 7) is 4.12. The van der Waals surface area contributed by atoms with Crippen molar-refractivity contribution in [2.24, 2.45) is 0 Å². The molecule has 0 atom stereocenters. The summed E-state index contributed by atoms with van der Waals surface area (Å²) in [5.74, 6) is 1.43. The van der Waals surface area contributed by atoms with E-state index in [1.54, 1.807) is 24.3 Å². The maximum absolute atomic E-state index is 13.7. The molecule has 0 unspecified atom stereocenters. The third kappa shape index (κ3) is 4.77. The molecule has 7 heteroatoms. The summed E-state index contributed by atoms with van der Waals surface area (Å²) in [7, 11) is 1.94. The maximum atomic E-state index is 13.7. The van der Waals surface area contributed by atoms with Crippen molar-refractivity contribution in [2.45, 2.75) is 25.6 Å². The lowest BCUT2D eigenvalue weighted by Crippen LogP contribution is -2.27. The number of carbonyl (C=O) groups excluding carboxylic acids is 1. The van der Waals surface area contributed by atoms with Crippen LogP contribution in [0.3, 0.4) is 0 Å². The Bertz CT molecular complexity index is 1530. The number of thioether (sulfide) groups is 1. The molecule has 176 valence electrons. The highest BCUT2D eigenvalue weighted by atomic mass is 32.2. The third-order valence-corrected chi connectivity index (χ3v) is 6.89. The smallest absolute Gasteiger partial charge is 0.219 e. The van der Waals surface area contributed by atoms with Gasteiger partial charge in [-0.15, -0.1) is 0 Å². The maximum Gasteiger partial charge on any atom is 0.219 e. The van der Waals surface area contributed by atoms with E-state index in [1.807, 2.05) is 48.3 Å². The van der Waals surface area contributed by atoms with Crippen LogP contribution in [0.2, 0.25) is 0 Å². The van der Waals surface area contributed by atoms with Crippen LogP contribution in [0.25, 0.3) is 33.5 Å². The summed E-state index contributed by atoms with van der Waals surface area (Å²) < 4.78 is 19.7. The van der Waals surface area contributed by atoms with E-state index in [0.29, 0.717) is 50.6 Å². The SMILES string of the molecule is CC(C)N(C)c1nc2cc(C(=O)SCc3ccccc3)ccc2nc1-c1cc2cc(F)ccc2o1. The molecule has 0 spiro atoms. The molecule has 0 radical (unpaired) electrons. The van der Waals surface area contributed by atoms with Crippen LogP contribution in [0.4, 0.5) is 10.2 Å². The predicted molar refractivity (Wildman–Crippen MR) is 140 cm³/mol. The van der Waals surface area contributed by atoms with E-state index in [4.69, 9.17) is 14.4 Å². The van der Waals surface area contributed by atoms with Gasteiger partial charge in [-0.3, -0.25) is 4.79 Å². The molecule has 0 amide bonds. The average molecular weight is 486 g/mol. The van der Waals surface area contributed by atoms with Crippen LogP contribution in [-0.2, 0) is 5.75 Å². The zero-order valence-corrected chi connectivity index (χ0v) is 20.5. The second-order valence-corrected chi connectivity index (χ2v) is 9.61. The number of carbonyl (C=O) groups is 1. The van der Waals surface area contributed by atoms with Crippen LogP contribution < -0.4 is 4.90 Å². The summed E-state index contributed by atoms with van der Waals surface area (Å²) in [5, 5.41) is 0.649. The van der Waals surface area contributed by atoms with Crippen LogP contribution in [0, 0.1) is 5.82 Å². The lowest BCUT2D eigenvalue weighted by molar-refractivity contribution is 0.108. The summed E-state index contributed by atoms with van der Waals surface area (Å²) in [4.78, 5) is 24.6. The van der Waals surface area contributed by atoms with Gasteiger partial charge >= 0.3 is 0 Å². The van der Waals surface area contributed by atoms with Crippen LogP contribution in [0.1, 0.15) is 29.8 Å². The van der Waals surface area contributed by atoms with Crippen molar-refractivity contribution in [3.8, 4) is 11.5 Å². The van der Waals surface area contributed by atoms with Gasteiger partial charge in [0.2, 0.25) is 5.12 Å². The Morgan fingerprint density at radius 3 is 2.57 bits per heavy atom. The highest BCUT2D eigenvalue weighted by Crippen LogP contribution is 2.34. The largest absolute Gasteiger partial charge is 0.454 e. The fraction of sp³-hybridized carbons (Fsp3) is 0.179. The quantitative estimate of drug-likeness (QED) is 0.256. The number of rotatable bonds is 6. The number of hydrogen-bond donors (Lipinski definition) is 0. The van der Waals surface area contributed by atoms with Gasteiger partial charge in [0, 0.05) is 29.8 Å². The molecule has 0 aliphatic carbocycles. The van der Waals surface area contributed by atoms with Crippen molar-refractivity contribution in [2.75, 3.05) is 11.9 Å². The molecule has 0 bridgehead atoms. The van der Waals surface area contributed by atoms with Crippen LogP contribution in [0.5, 0.6) is 0 Å². The third-order valence-electron chi connectivity index (χ3n) is 5.91. The van der Waals surface area contributed by atoms with Gasteiger partial charge in [0.25, 0.3) is 0 Å². The van der Waals surface area contributed by atoms with Gasteiger partial charge < -0.3 is 9.32 Å². The Balaban J connectivity index is 1.54. The first kappa shape index (κ1) is 23.1. The Labute approximate surface area is 207 Å². The Morgan fingerprint density at radius 1 is 1.00 bits per heavy atom. The number of benzene rings is 3. The molecule has 5 rings (SSSR count). The second-order valence-electron chi connectivity index (χ2n) is 8.66. The summed E-state index contributed by atoms with van der Waals surface area (Å²) >= 11 is 1.27. The molecule has 0 N–H and O–H groups in total. The zero-order chi connectivity index (χ0) is 24.5. The Morgan fingerprint density at radius 2 is 1.80 bits per heavy atom. The number of anilines is 1. The number of furan rings is 1. The van der Waals surface area contributed by atoms with Gasteiger partial charge in [0.15, 0.2) is 11.6 Å². The van der Waals surface area contributed by atoms with E-state index in [0.717, 1.165) is 5.56 Å². The fourth-order valence-corrected chi connectivity index (χ4v) is 4.55. The molecular weight excluding hydrogens is 461 g/mol. The van der Waals surface area contributed by atoms with Gasteiger partial charge in [0.05, 0.1) is 11.0 Å². The number of nitrogens with zero attached hydrogens (tertiary/aromatic N) is 3. The summed E-state index contributed by atoms with van der Waals surface area (Å²) in [6, 6.07) is 21.6. The first-order chi connectivity index (χ1) is 16.9. The molecule has 0 fully saturated rings. The monoisotopic (exact) mass is 485 g/mol.